The van der Waals surface area contributed by atoms with E-state index in [1.54, 1.807) is 0 Å². The van der Waals surface area contributed by atoms with E-state index in [1.165, 1.54) is 6.42 Å². The van der Waals surface area contributed by atoms with Crippen molar-refractivity contribution in [2.45, 2.75) is 44.4 Å². The van der Waals surface area contributed by atoms with E-state index in [-0.39, 0.29) is 11.7 Å². The van der Waals surface area contributed by atoms with Crippen LogP contribution in [0.25, 0.3) is 0 Å². The van der Waals surface area contributed by atoms with Crippen LogP contribution in [0, 0.1) is 6.92 Å². The maximum absolute atomic E-state index is 6.16. The second-order valence-electron chi connectivity index (χ2n) is 6.53. The van der Waals surface area contributed by atoms with Gasteiger partial charge >= 0.3 is 0 Å². The topological polar surface area (TPSA) is 34.6 Å². The lowest BCUT2D eigenvalue weighted by molar-refractivity contribution is -0.0546. The van der Waals surface area contributed by atoms with Crippen molar-refractivity contribution in [3.05, 3.63) is 42.2 Å². The lowest BCUT2D eigenvalue weighted by atomic mass is 9.89. The molecule has 2 aliphatic heterocycles. The Hall–Kier alpha value is -1.23. The molecule has 0 unspecified atom stereocenters. The van der Waals surface area contributed by atoms with Crippen LogP contribution in [-0.4, -0.2) is 47.9 Å². The van der Waals surface area contributed by atoms with Crippen LogP contribution >= 0.6 is 0 Å². The number of hydrogen-bond acceptors (Lipinski definition) is 4. The van der Waals surface area contributed by atoms with E-state index in [4.69, 9.17) is 9.47 Å². The number of aryl methyl sites for hydroxylation is 1. The zero-order chi connectivity index (χ0) is 15.4. The molecule has 0 saturated carbocycles. The molecule has 22 heavy (non-hydrogen) atoms. The van der Waals surface area contributed by atoms with Crippen molar-refractivity contribution < 1.29 is 9.47 Å². The van der Waals surface area contributed by atoms with Crippen LogP contribution in [0.3, 0.4) is 0 Å². The third-order valence-corrected chi connectivity index (χ3v) is 4.57. The summed E-state index contributed by atoms with van der Waals surface area (Å²) in [5, 5.41) is 0. The second kappa shape index (κ2) is 6.90. The molecule has 4 heteroatoms. The van der Waals surface area contributed by atoms with E-state index in [1.807, 2.05) is 19.1 Å². The first-order chi connectivity index (χ1) is 10.7. The van der Waals surface area contributed by atoms with Crippen molar-refractivity contribution in [1.29, 1.82) is 0 Å². The highest BCUT2D eigenvalue weighted by Gasteiger charge is 2.43. The minimum atomic E-state index is -0.0199. The van der Waals surface area contributed by atoms with Crippen molar-refractivity contribution in [2.24, 2.45) is 0 Å². The van der Waals surface area contributed by atoms with E-state index < -0.39 is 0 Å². The molecule has 120 valence electrons. The molecule has 0 aliphatic carbocycles. The summed E-state index contributed by atoms with van der Waals surface area (Å²) in [6.45, 7) is 10.1. The predicted molar refractivity (Wildman–Crippen MR) is 86.7 cm³/mol. The minimum absolute atomic E-state index is 0.0199. The summed E-state index contributed by atoms with van der Waals surface area (Å²) in [5.41, 5.74) is 2.21. The third kappa shape index (κ3) is 3.75. The van der Waals surface area contributed by atoms with E-state index in [0.29, 0.717) is 13.2 Å². The molecule has 2 aliphatic rings. The highest BCUT2D eigenvalue weighted by molar-refractivity contribution is 5.10. The van der Waals surface area contributed by atoms with E-state index in [0.717, 1.165) is 43.9 Å². The summed E-state index contributed by atoms with van der Waals surface area (Å²) < 4.78 is 11.9. The molecule has 1 spiro atoms. The highest BCUT2D eigenvalue weighted by Crippen LogP contribution is 2.36. The average Bonchev–Trinajstić information content (AvgIpc) is 2.88. The first-order valence-electron chi connectivity index (χ1n) is 8.20. The molecular weight excluding hydrogens is 276 g/mol. The highest BCUT2D eigenvalue weighted by atomic mass is 16.6. The molecule has 3 heterocycles. The molecule has 0 amide bonds. The van der Waals surface area contributed by atoms with Crippen molar-refractivity contribution in [3.8, 4) is 0 Å². The Kier molecular flexibility index (Phi) is 4.91. The predicted octanol–water partition coefficient (Wildman–Crippen LogP) is 2.72. The summed E-state index contributed by atoms with van der Waals surface area (Å²) in [4.78, 5) is 7.09. The van der Waals surface area contributed by atoms with Gasteiger partial charge < -0.3 is 9.47 Å². The maximum Gasteiger partial charge on any atom is 0.0841 e. The lowest BCUT2D eigenvalue weighted by Crippen LogP contribution is -2.47. The summed E-state index contributed by atoms with van der Waals surface area (Å²) >= 11 is 0. The van der Waals surface area contributed by atoms with Gasteiger partial charge in [0.15, 0.2) is 0 Å². The molecule has 2 atom stereocenters. The van der Waals surface area contributed by atoms with E-state index in [2.05, 4.69) is 28.6 Å². The summed E-state index contributed by atoms with van der Waals surface area (Å²) in [6, 6.07) is 6.24. The molecule has 0 radical (unpaired) electrons. The molecule has 1 aromatic rings. The number of piperidine rings is 1. The van der Waals surface area contributed by atoms with Crippen molar-refractivity contribution in [3.63, 3.8) is 0 Å². The van der Waals surface area contributed by atoms with Crippen LogP contribution in [-0.2, 0) is 16.0 Å². The number of pyridine rings is 1. The molecule has 2 fully saturated rings. The van der Waals surface area contributed by atoms with Gasteiger partial charge in [0, 0.05) is 25.2 Å². The first-order valence-corrected chi connectivity index (χ1v) is 8.20. The van der Waals surface area contributed by atoms with Crippen LogP contribution in [0.1, 0.15) is 30.7 Å². The van der Waals surface area contributed by atoms with Gasteiger partial charge in [0.05, 0.1) is 30.6 Å². The number of likely N-dealkylation sites (tertiary alicyclic amines) is 1. The van der Waals surface area contributed by atoms with E-state index >= 15 is 0 Å². The Balaban J connectivity index is 1.59. The van der Waals surface area contributed by atoms with Crippen molar-refractivity contribution >= 4 is 0 Å². The minimum Gasteiger partial charge on any atom is -0.372 e. The first kappa shape index (κ1) is 15.7. The summed E-state index contributed by atoms with van der Waals surface area (Å²) in [6.07, 6.45) is 5.34. The Bertz CT molecular complexity index is 520. The molecule has 1 aromatic heterocycles. The van der Waals surface area contributed by atoms with Gasteiger partial charge in [-0.1, -0.05) is 12.1 Å². The number of ether oxygens (including phenoxy) is 2. The van der Waals surface area contributed by atoms with Gasteiger partial charge in [-0.25, -0.2) is 0 Å². The Labute approximate surface area is 133 Å². The molecule has 0 aromatic carbocycles. The normalized spacial score (nSPS) is 29.0. The van der Waals surface area contributed by atoms with Crippen LogP contribution in [0.4, 0.5) is 0 Å². The van der Waals surface area contributed by atoms with Crippen molar-refractivity contribution in [1.82, 2.24) is 9.88 Å². The Morgan fingerprint density at radius 3 is 3.27 bits per heavy atom. The zero-order valence-electron chi connectivity index (χ0n) is 13.5. The van der Waals surface area contributed by atoms with Gasteiger partial charge in [-0.05, 0) is 38.4 Å². The quantitative estimate of drug-likeness (QED) is 0.783. The molecule has 0 N–H and O–H groups in total. The van der Waals surface area contributed by atoms with Gasteiger partial charge in [0.1, 0.15) is 0 Å². The molecular formula is C18H26N2O2. The third-order valence-electron chi connectivity index (χ3n) is 4.57. The van der Waals surface area contributed by atoms with Crippen LogP contribution in [0.2, 0.25) is 0 Å². The fourth-order valence-electron chi connectivity index (χ4n) is 3.64. The summed E-state index contributed by atoms with van der Waals surface area (Å²) in [5.74, 6) is 0. The zero-order valence-corrected chi connectivity index (χ0v) is 13.5. The van der Waals surface area contributed by atoms with Gasteiger partial charge in [0.2, 0.25) is 0 Å². The summed E-state index contributed by atoms with van der Waals surface area (Å²) in [7, 11) is 0. The number of rotatable bonds is 5. The molecule has 4 nitrogen and oxygen atoms in total. The van der Waals surface area contributed by atoms with Gasteiger partial charge in [-0.15, -0.1) is 6.58 Å². The Morgan fingerprint density at radius 1 is 1.55 bits per heavy atom. The molecule has 3 rings (SSSR count). The van der Waals surface area contributed by atoms with Crippen LogP contribution in [0.5, 0.6) is 0 Å². The lowest BCUT2D eigenvalue weighted by Gasteiger charge is -2.39. The van der Waals surface area contributed by atoms with Gasteiger partial charge in [-0.3, -0.25) is 9.88 Å². The average molecular weight is 302 g/mol. The second-order valence-corrected chi connectivity index (χ2v) is 6.53. The maximum atomic E-state index is 6.16. The molecule has 0 bridgehead atoms. The fraction of sp³-hybridized carbons (Fsp3) is 0.611. The standard InChI is InChI=1S/C18H26N2O2/c1-3-10-21-17-11-18(22-13-17)8-5-9-20(14-18)12-16-7-4-6-15(2)19-16/h3-4,6-7,17H,1,5,8-14H2,2H3/t17-,18+/m1/s1. The van der Waals surface area contributed by atoms with Gasteiger partial charge in [0.25, 0.3) is 0 Å². The molecule has 2 saturated heterocycles. The number of hydrogen-bond donors (Lipinski definition) is 0. The fourth-order valence-corrected chi connectivity index (χ4v) is 3.64. The SMILES string of the molecule is C=CCO[C@H]1CO[C@@]2(CCCN(Cc3cccc(C)n3)C2)C1. The van der Waals surface area contributed by atoms with Crippen LogP contribution < -0.4 is 0 Å². The smallest absolute Gasteiger partial charge is 0.0841 e. The van der Waals surface area contributed by atoms with E-state index in [9.17, 15) is 0 Å². The Morgan fingerprint density at radius 2 is 2.45 bits per heavy atom. The number of nitrogens with zero attached hydrogens (tertiary/aromatic N) is 2. The van der Waals surface area contributed by atoms with Crippen molar-refractivity contribution in [2.75, 3.05) is 26.3 Å². The monoisotopic (exact) mass is 302 g/mol. The van der Waals surface area contributed by atoms with Crippen LogP contribution in [0.15, 0.2) is 30.9 Å². The number of aromatic nitrogens is 1. The largest absolute Gasteiger partial charge is 0.372 e. The van der Waals surface area contributed by atoms with Gasteiger partial charge in [-0.2, -0.15) is 0 Å².